The zero-order valence-electron chi connectivity index (χ0n) is 11.7. The Labute approximate surface area is 118 Å². The number of rotatable bonds is 8. The van der Waals surface area contributed by atoms with E-state index >= 15 is 0 Å². The van der Waals surface area contributed by atoms with Gasteiger partial charge in [0.1, 0.15) is 0 Å². The molecule has 0 saturated carbocycles. The summed E-state index contributed by atoms with van der Waals surface area (Å²) in [6.07, 6.45) is 2.05. The molecule has 0 aromatic rings. The smallest absolute Gasteiger partial charge is 0.311 e. The maximum Gasteiger partial charge on any atom is 0.311 e. The molecule has 1 aliphatic heterocycles. The van der Waals surface area contributed by atoms with Gasteiger partial charge in [-0.3, -0.25) is 9.59 Å². The summed E-state index contributed by atoms with van der Waals surface area (Å²) in [4.78, 5) is 25.1. The summed E-state index contributed by atoms with van der Waals surface area (Å²) in [6, 6.07) is 0. The number of nitrogens with zero attached hydrogens (tertiary/aromatic N) is 1. The van der Waals surface area contributed by atoms with Crippen LogP contribution in [0, 0.1) is 5.41 Å². The highest BCUT2D eigenvalue weighted by Crippen LogP contribution is 2.35. The highest BCUT2D eigenvalue weighted by atomic mass is 32.2. The van der Waals surface area contributed by atoms with Crippen molar-refractivity contribution >= 4 is 23.6 Å². The molecule has 0 aliphatic carbocycles. The van der Waals surface area contributed by atoms with E-state index in [-0.39, 0.29) is 5.91 Å². The van der Waals surface area contributed by atoms with Crippen LogP contribution in [0.2, 0.25) is 0 Å². The van der Waals surface area contributed by atoms with E-state index in [0.29, 0.717) is 38.3 Å². The van der Waals surface area contributed by atoms with Crippen LogP contribution in [0.5, 0.6) is 0 Å². The van der Waals surface area contributed by atoms with Gasteiger partial charge < -0.3 is 14.7 Å². The number of carbonyl (C=O) groups is 2. The molecule has 19 heavy (non-hydrogen) atoms. The summed E-state index contributed by atoms with van der Waals surface area (Å²) in [5.41, 5.74) is -0.721. The zero-order valence-corrected chi connectivity index (χ0v) is 12.5. The van der Waals surface area contributed by atoms with Gasteiger partial charge >= 0.3 is 5.97 Å². The number of aliphatic carboxylic acids is 1. The molecule has 1 rings (SSSR count). The van der Waals surface area contributed by atoms with Gasteiger partial charge in [0, 0.05) is 26.0 Å². The van der Waals surface area contributed by atoms with Crippen LogP contribution in [0.25, 0.3) is 0 Å². The van der Waals surface area contributed by atoms with Gasteiger partial charge in [0.05, 0.1) is 17.8 Å². The van der Waals surface area contributed by atoms with Crippen LogP contribution in [0.4, 0.5) is 0 Å². The second kappa shape index (κ2) is 7.75. The highest BCUT2D eigenvalue weighted by molar-refractivity contribution is 7.99. The number of carboxylic acid groups (broad SMARTS) is 1. The Morgan fingerprint density at radius 3 is 2.79 bits per heavy atom. The molecule has 1 aliphatic rings. The van der Waals surface area contributed by atoms with E-state index in [4.69, 9.17) is 4.74 Å². The SMILES string of the molecule is CCCC1(C(=O)O)CCN(C(=O)CSCCOC)C1. The van der Waals surface area contributed by atoms with E-state index in [1.165, 1.54) is 11.8 Å². The molecule has 0 spiro atoms. The van der Waals surface area contributed by atoms with Crippen molar-refractivity contribution in [2.45, 2.75) is 26.2 Å². The Bertz CT molecular complexity index is 324. The minimum absolute atomic E-state index is 0.0420. The molecule has 5 nitrogen and oxygen atoms in total. The number of ether oxygens (including phenoxy) is 1. The van der Waals surface area contributed by atoms with Crippen molar-refractivity contribution in [2.75, 3.05) is 38.3 Å². The fourth-order valence-corrected chi connectivity index (χ4v) is 3.23. The molecular weight excluding hydrogens is 266 g/mol. The second-order valence-electron chi connectivity index (χ2n) is 4.95. The molecule has 0 bridgehead atoms. The van der Waals surface area contributed by atoms with Crippen molar-refractivity contribution in [3.63, 3.8) is 0 Å². The van der Waals surface area contributed by atoms with Gasteiger partial charge in [-0.1, -0.05) is 13.3 Å². The first-order chi connectivity index (χ1) is 9.05. The van der Waals surface area contributed by atoms with Gasteiger partial charge in [0.15, 0.2) is 0 Å². The Kier molecular flexibility index (Phi) is 6.65. The van der Waals surface area contributed by atoms with Gasteiger partial charge in [-0.05, 0) is 12.8 Å². The zero-order chi connectivity index (χ0) is 14.3. The molecule has 1 fully saturated rings. The first-order valence-corrected chi connectivity index (χ1v) is 7.79. The van der Waals surface area contributed by atoms with Crippen LogP contribution in [0.3, 0.4) is 0 Å². The molecule has 110 valence electrons. The van der Waals surface area contributed by atoms with Crippen LogP contribution >= 0.6 is 11.8 Å². The van der Waals surface area contributed by atoms with Gasteiger partial charge in [-0.2, -0.15) is 0 Å². The first kappa shape index (κ1) is 16.3. The van der Waals surface area contributed by atoms with E-state index in [1.54, 1.807) is 12.0 Å². The summed E-state index contributed by atoms with van der Waals surface area (Å²) in [5, 5.41) is 9.38. The lowest BCUT2D eigenvalue weighted by molar-refractivity contribution is -0.148. The lowest BCUT2D eigenvalue weighted by Gasteiger charge is -2.24. The average Bonchev–Trinajstić information content (AvgIpc) is 2.81. The van der Waals surface area contributed by atoms with E-state index < -0.39 is 11.4 Å². The molecule has 1 atom stereocenters. The molecule has 0 aromatic heterocycles. The molecule has 1 amide bonds. The standard InChI is InChI=1S/C13H23NO4S/c1-3-4-13(12(16)17)5-6-14(10-13)11(15)9-19-8-7-18-2/h3-10H2,1-2H3,(H,16,17). The number of methoxy groups -OCH3 is 1. The van der Waals surface area contributed by atoms with Crippen molar-refractivity contribution < 1.29 is 19.4 Å². The Morgan fingerprint density at radius 2 is 2.21 bits per heavy atom. The van der Waals surface area contributed by atoms with Crippen molar-refractivity contribution in [1.29, 1.82) is 0 Å². The number of thioether (sulfide) groups is 1. The van der Waals surface area contributed by atoms with E-state index in [0.717, 1.165) is 12.2 Å². The molecule has 0 radical (unpaired) electrons. The van der Waals surface area contributed by atoms with E-state index in [1.807, 2.05) is 6.92 Å². The largest absolute Gasteiger partial charge is 0.481 e. The monoisotopic (exact) mass is 289 g/mol. The lowest BCUT2D eigenvalue weighted by Crippen LogP contribution is -2.37. The minimum Gasteiger partial charge on any atom is -0.481 e. The number of carbonyl (C=O) groups excluding carboxylic acids is 1. The lowest BCUT2D eigenvalue weighted by atomic mass is 9.83. The average molecular weight is 289 g/mol. The summed E-state index contributed by atoms with van der Waals surface area (Å²) >= 11 is 1.53. The van der Waals surface area contributed by atoms with Gasteiger partial charge in [0.2, 0.25) is 5.91 Å². The topological polar surface area (TPSA) is 66.8 Å². The Morgan fingerprint density at radius 1 is 1.47 bits per heavy atom. The van der Waals surface area contributed by atoms with Crippen LogP contribution in [-0.4, -0.2) is 60.2 Å². The summed E-state index contributed by atoms with van der Waals surface area (Å²) in [6.45, 7) is 3.54. The Balaban J connectivity index is 2.45. The first-order valence-electron chi connectivity index (χ1n) is 6.63. The van der Waals surface area contributed by atoms with Crippen molar-refractivity contribution in [1.82, 2.24) is 4.90 Å². The quantitative estimate of drug-likeness (QED) is 0.685. The molecule has 1 saturated heterocycles. The number of hydrogen-bond donors (Lipinski definition) is 1. The van der Waals surface area contributed by atoms with Crippen LogP contribution in [-0.2, 0) is 14.3 Å². The molecule has 0 aromatic carbocycles. The van der Waals surface area contributed by atoms with Gasteiger partial charge in [0.25, 0.3) is 0 Å². The fourth-order valence-electron chi connectivity index (χ4n) is 2.44. The Hall–Kier alpha value is -0.750. The summed E-state index contributed by atoms with van der Waals surface area (Å²) in [5.74, 6) is 0.470. The maximum atomic E-state index is 12.0. The molecule has 6 heteroatoms. The third kappa shape index (κ3) is 4.38. The van der Waals surface area contributed by atoms with Crippen LogP contribution < -0.4 is 0 Å². The van der Waals surface area contributed by atoms with Crippen LogP contribution in [0.1, 0.15) is 26.2 Å². The molecular formula is C13H23NO4S. The molecule has 1 heterocycles. The predicted molar refractivity (Wildman–Crippen MR) is 75.4 cm³/mol. The fraction of sp³-hybridized carbons (Fsp3) is 0.846. The molecule has 1 N–H and O–H groups in total. The van der Waals surface area contributed by atoms with Gasteiger partial charge in [-0.15, -0.1) is 11.8 Å². The second-order valence-corrected chi connectivity index (χ2v) is 6.05. The van der Waals surface area contributed by atoms with E-state index in [2.05, 4.69) is 0 Å². The number of carboxylic acids is 1. The normalized spacial score (nSPS) is 22.7. The number of hydrogen-bond acceptors (Lipinski definition) is 4. The predicted octanol–water partition coefficient (Wildman–Crippen LogP) is 1.47. The number of likely N-dealkylation sites (tertiary alicyclic amines) is 1. The maximum absolute atomic E-state index is 12.0. The van der Waals surface area contributed by atoms with E-state index in [9.17, 15) is 14.7 Å². The third-order valence-corrected chi connectivity index (χ3v) is 4.45. The number of amides is 1. The minimum atomic E-state index is -0.767. The van der Waals surface area contributed by atoms with Crippen LogP contribution in [0.15, 0.2) is 0 Å². The van der Waals surface area contributed by atoms with Crippen molar-refractivity contribution in [3.8, 4) is 0 Å². The van der Waals surface area contributed by atoms with Crippen molar-refractivity contribution in [2.24, 2.45) is 5.41 Å². The van der Waals surface area contributed by atoms with Gasteiger partial charge in [-0.25, -0.2) is 0 Å². The summed E-state index contributed by atoms with van der Waals surface area (Å²) < 4.78 is 4.92. The highest BCUT2D eigenvalue weighted by Gasteiger charge is 2.45. The summed E-state index contributed by atoms with van der Waals surface area (Å²) in [7, 11) is 1.63. The molecule has 1 unspecified atom stereocenters. The third-order valence-electron chi connectivity index (χ3n) is 3.55. The van der Waals surface area contributed by atoms with Crippen molar-refractivity contribution in [3.05, 3.63) is 0 Å².